The molecule has 8 heteroatoms. The molecule has 29 heavy (non-hydrogen) atoms. The van der Waals surface area contributed by atoms with Crippen LogP contribution in [0.25, 0.3) is 0 Å². The molecule has 0 amide bonds. The largest absolute Gasteiger partial charge is 0.454 e. The lowest BCUT2D eigenvalue weighted by molar-refractivity contribution is 0.0473. The average Bonchev–Trinajstić information content (AvgIpc) is 2.72. The summed E-state index contributed by atoms with van der Waals surface area (Å²) >= 11 is 0. The van der Waals surface area contributed by atoms with Crippen molar-refractivity contribution in [1.29, 1.82) is 0 Å². The molecule has 154 valence electrons. The fourth-order valence-electron chi connectivity index (χ4n) is 3.31. The molecule has 0 spiro atoms. The monoisotopic (exact) mass is 419 g/mol. The van der Waals surface area contributed by atoms with Crippen molar-refractivity contribution in [2.75, 3.05) is 13.2 Å². The van der Waals surface area contributed by atoms with Crippen LogP contribution in [0.2, 0.25) is 0 Å². The molecule has 0 N–H and O–H groups in total. The van der Waals surface area contributed by atoms with E-state index in [0.717, 1.165) is 25.3 Å². The Bertz CT molecular complexity index is 1000. The Morgan fingerprint density at radius 3 is 2.45 bits per heavy atom. The summed E-state index contributed by atoms with van der Waals surface area (Å²) in [5.74, 6) is -2.13. The number of piperidine rings is 1. The summed E-state index contributed by atoms with van der Waals surface area (Å²) in [6.45, 7) is 1.76. The van der Waals surface area contributed by atoms with Crippen molar-refractivity contribution in [3.05, 3.63) is 65.5 Å². The highest BCUT2D eigenvalue weighted by Gasteiger charge is 2.31. The third kappa shape index (κ3) is 4.71. The number of Topliss-reactive ketones (excluding diaryl/α,β-unsaturated/α-hetero) is 1. The number of hydrogen-bond donors (Lipinski definition) is 0. The maximum Gasteiger partial charge on any atom is 0.338 e. The first-order chi connectivity index (χ1) is 13.8. The van der Waals surface area contributed by atoms with Crippen molar-refractivity contribution in [2.45, 2.75) is 37.1 Å². The van der Waals surface area contributed by atoms with Crippen LogP contribution in [0.15, 0.2) is 53.4 Å². The molecule has 0 radical (unpaired) electrons. The third-order valence-electron chi connectivity index (χ3n) is 4.95. The highest BCUT2D eigenvalue weighted by molar-refractivity contribution is 7.89. The lowest BCUT2D eigenvalue weighted by atomic mass is 10.1. The van der Waals surface area contributed by atoms with Gasteiger partial charge in [-0.2, -0.15) is 4.31 Å². The van der Waals surface area contributed by atoms with Gasteiger partial charge in [-0.15, -0.1) is 0 Å². The molecular weight excluding hydrogens is 397 g/mol. The van der Waals surface area contributed by atoms with Crippen LogP contribution in [0.3, 0.4) is 0 Å². The summed E-state index contributed by atoms with van der Waals surface area (Å²) in [6.07, 6.45) is 2.65. The van der Waals surface area contributed by atoms with Gasteiger partial charge in [0, 0.05) is 12.6 Å². The van der Waals surface area contributed by atoms with Crippen molar-refractivity contribution in [3.8, 4) is 0 Å². The highest BCUT2D eigenvalue weighted by Crippen LogP contribution is 2.25. The van der Waals surface area contributed by atoms with Gasteiger partial charge in [-0.05, 0) is 56.2 Å². The van der Waals surface area contributed by atoms with E-state index in [4.69, 9.17) is 4.74 Å². The number of benzene rings is 2. The van der Waals surface area contributed by atoms with Crippen molar-refractivity contribution in [3.63, 3.8) is 0 Å². The number of rotatable bonds is 6. The molecule has 1 aliphatic heterocycles. The second-order valence-corrected chi connectivity index (χ2v) is 8.85. The summed E-state index contributed by atoms with van der Waals surface area (Å²) in [7, 11) is -3.63. The van der Waals surface area contributed by atoms with Gasteiger partial charge in [-0.25, -0.2) is 17.6 Å². The standard InChI is InChI=1S/C21H22FNO5S/c1-15-6-4-5-13-23(15)29(26,27)17-11-9-16(10-12-17)21(25)28-14-20(24)18-7-2-3-8-19(18)22/h2-3,7-12,15H,4-6,13-14H2,1H3/t15-/m0/s1. The van der Waals surface area contributed by atoms with Gasteiger partial charge in [-0.1, -0.05) is 18.6 Å². The number of sulfonamides is 1. The molecule has 2 aromatic carbocycles. The number of hydrogen-bond acceptors (Lipinski definition) is 5. The molecule has 0 aromatic heterocycles. The summed E-state index contributed by atoms with van der Waals surface area (Å²) in [5, 5.41) is 0. The Hall–Kier alpha value is -2.58. The number of ketones is 1. The Kier molecular flexibility index (Phi) is 6.44. The van der Waals surface area contributed by atoms with Crippen LogP contribution >= 0.6 is 0 Å². The summed E-state index contributed by atoms with van der Waals surface area (Å²) in [5.41, 5.74) is -0.0469. The SMILES string of the molecule is C[C@H]1CCCCN1S(=O)(=O)c1ccc(C(=O)OCC(=O)c2ccccc2F)cc1. The predicted molar refractivity (Wildman–Crippen MR) is 105 cm³/mol. The Balaban J connectivity index is 1.66. The van der Waals surface area contributed by atoms with Crippen LogP contribution in [0, 0.1) is 5.82 Å². The van der Waals surface area contributed by atoms with Crippen LogP contribution in [-0.4, -0.2) is 43.7 Å². The first-order valence-corrected chi connectivity index (χ1v) is 10.8. The fraction of sp³-hybridized carbons (Fsp3) is 0.333. The van der Waals surface area contributed by atoms with E-state index in [1.165, 1.54) is 46.8 Å². The summed E-state index contributed by atoms with van der Waals surface area (Å²) < 4.78 is 45.7. The van der Waals surface area contributed by atoms with Crippen molar-refractivity contribution >= 4 is 21.8 Å². The Morgan fingerprint density at radius 2 is 1.79 bits per heavy atom. The molecule has 1 atom stereocenters. The van der Waals surface area contributed by atoms with E-state index in [9.17, 15) is 22.4 Å². The van der Waals surface area contributed by atoms with Gasteiger partial charge in [0.15, 0.2) is 6.61 Å². The summed E-state index contributed by atoms with van der Waals surface area (Å²) in [6, 6.07) is 10.8. The molecule has 2 aromatic rings. The number of esters is 1. The molecule has 6 nitrogen and oxygen atoms in total. The number of halogens is 1. The molecule has 3 rings (SSSR count). The smallest absolute Gasteiger partial charge is 0.338 e. The lowest BCUT2D eigenvalue weighted by Crippen LogP contribution is -2.41. The zero-order valence-corrected chi connectivity index (χ0v) is 16.8. The molecule has 1 saturated heterocycles. The Morgan fingerprint density at radius 1 is 1.10 bits per heavy atom. The molecule has 1 fully saturated rings. The molecular formula is C21H22FNO5S. The molecule has 0 unspecified atom stereocenters. The second-order valence-electron chi connectivity index (χ2n) is 6.96. The average molecular weight is 419 g/mol. The minimum absolute atomic E-state index is 0.0669. The number of ether oxygens (including phenoxy) is 1. The van der Waals surface area contributed by atoms with E-state index in [1.54, 1.807) is 0 Å². The van der Waals surface area contributed by atoms with Gasteiger partial charge in [0.1, 0.15) is 5.82 Å². The van der Waals surface area contributed by atoms with Crippen LogP contribution in [0.1, 0.15) is 46.9 Å². The van der Waals surface area contributed by atoms with Gasteiger partial charge in [-0.3, -0.25) is 4.79 Å². The molecule has 0 aliphatic carbocycles. The third-order valence-corrected chi connectivity index (χ3v) is 6.98. The van der Waals surface area contributed by atoms with Crippen molar-refractivity contribution in [1.82, 2.24) is 4.31 Å². The lowest BCUT2D eigenvalue weighted by Gasteiger charge is -2.32. The van der Waals surface area contributed by atoms with Crippen LogP contribution in [-0.2, 0) is 14.8 Å². The highest BCUT2D eigenvalue weighted by atomic mass is 32.2. The van der Waals surface area contributed by atoms with Gasteiger partial charge < -0.3 is 4.74 Å². The number of carbonyl (C=O) groups excluding carboxylic acids is 2. The van der Waals surface area contributed by atoms with E-state index >= 15 is 0 Å². The maximum absolute atomic E-state index is 13.6. The van der Waals surface area contributed by atoms with Gasteiger partial charge in [0.25, 0.3) is 0 Å². The van der Waals surface area contributed by atoms with Crippen LogP contribution in [0.4, 0.5) is 4.39 Å². The Labute approximate surface area is 169 Å². The zero-order chi connectivity index (χ0) is 21.0. The van der Waals surface area contributed by atoms with E-state index in [-0.39, 0.29) is 22.1 Å². The van der Waals surface area contributed by atoms with E-state index in [0.29, 0.717) is 6.54 Å². The number of carbonyl (C=O) groups is 2. The topological polar surface area (TPSA) is 80.8 Å². The van der Waals surface area contributed by atoms with Crippen LogP contribution < -0.4 is 0 Å². The van der Waals surface area contributed by atoms with Gasteiger partial charge in [0.05, 0.1) is 16.0 Å². The first-order valence-electron chi connectivity index (χ1n) is 9.37. The fourth-order valence-corrected chi connectivity index (χ4v) is 5.01. The van der Waals surface area contributed by atoms with Gasteiger partial charge >= 0.3 is 5.97 Å². The molecule has 0 saturated carbocycles. The quantitative estimate of drug-likeness (QED) is 0.529. The maximum atomic E-state index is 13.6. The molecule has 1 heterocycles. The van der Waals surface area contributed by atoms with Crippen molar-refractivity contribution in [2.24, 2.45) is 0 Å². The van der Waals surface area contributed by atoms with E-state index in [2.05, 4.69) is 0 Å². The van der Waals surface area contributed by atoms with Crippen molar-refractivity contribution < 1.29 is 27.1 Å². The zero-order valence-electron chi connectivity index (χ0n) is 16.0. The molecule has 0 bridgehead atoms. The minimum atomic E-state index is -3.63. The van der Waals surface area contributed by atoms with E-state index < -0.39 is 34.2 Å². The second kappa shape index (κ2) is 8.84. The molecule has 1 aliphatic rings. The van der Waals surface area contributed by atoms with Crippen LogP contribution in [0.5, 0.6) is 0 Å². The van der Waals surface area contributed by atoms with E-state index in [1.807, 2.05) is 6.92 Å². The number of nitrogens with zero attached hydrogens (tertiary/aromatic N) is 1. The predicted octanol–water partition coefficient (Wildman–Crippen LogP) is 3.43. The first kappa shape index (κ1) is 21.1. The summed E-state index contributed by atoms with van der Waals surface area (Å²) in [4.78, 5) is 24.2. The van der Waals surface area contributed by atoms with Gasteiger partial charge in [0.2, 0.25) is 15.8 Å². The normalized spacial score (nSPS) is 17.7. The minimum Gasteiger partial charge on any atom is -0.454 e.